The van der Waals surface area contributed by atoms with Crippen LogP contribution in [-0.4, -0.2) is 15.7 Å². The zero-order chi connectivity index (χ0) is 9.45. The predicted octanol–water partition coefficient (Wildman–Crippen LogP) is -0.971. The van der Waals surface area contributed by atoms with Crippen LogP contribution < -0.4 is 0 Å². The molecule has 2 heteroatoms. The Hall–Kier alpha value is -1.19. The maximum atomic E-state index is 7.34. The molecule has 0 aliphatic heterocycles. The van der Waals surface area contributed by atoms with E-state index >= 15 is 0 Å². The summed E-state index contributed by atoms with van der Waals surface area (Å²) >= 11 is 0. The van der Waals surface area contributed by atoms with Crippen molar-refractivity contribution in [3.05, 3.63) is 0 Å². The van der Waals surface area contributed by atoms with Gasteiger partial charge >= 0.3 is 0 Å². The molecule has 0 aliphatic rings. The zero-order valence-corrected chi connectivity index (χ0v) is 6.21. The molecule has 0 aromatic carbocycles. The Balaban J connectivity index is 4.08. The molecule has 0 heterocycles. The lowest BCUT2D eigenvalue weighted by molar-refractivity contribution is 1.70. The molecule has 0 fully saturated rings. The molecule has 0 saturated heterocycles. The van der Waals surface area contributed by atoms with E-state index in [-0.39, 0.29) is 6.90 Å². The predicted molar refractivity (Wildman–Crippen MR) is 49.8 cm³/mol. The molecule has 0 saturated carbocycles. The van der Waals surface area contributed by atoms with E-state index < -0.39 is 5.69 Å². The molecule has 0 aromatic heterocycles. The van der Waals surface area contributed by atoms with Gasteiger partial charge in [0.15, 0.2) is 0 Å². The van der Waals surface area contributed by atoms with Crippen LogP contribution in [0.4, 0.5) is 0 Å². The smallest absolute Gasteiger partial charge is 0.103 e. The van der Waals surface area contributed by atoms with E-state index in [0.717, 1.165) is 0 Å². The van der Waals surface area contributed by atoms with Crippen LogP contribution in [0.3, 0.4) is 0 Å². The second-order valence-electron chi connectivity index (χ2n) is 1.80. The van der Waals surface area contributed by atoms with Crippen LogP contribution in [0.2, 0.25) is 5.69 Å². The van der Waals surface area contributed by atoms with E-state index in [1.165, 1.54) is 0 Å². The van der Waals surface area contributed by atoms with Crippen LogP contribution in [-0.2, 0) is 0 Å². The van der Waals surface area contributed by atoms with Gasteiger partial charge in [-0.2, -0.15) is 0 Å². The van der Waals surface area contributed by atoms with Crippen LogP contribution in [0.25, 0.3) is 0 Å². The third-order valence-corrected chi connectivity index (χ3v) is 0.588. The van der Waals surface area contributed by atoms with E-state index in [9.17, 15) is 0 Å². The summed E-state index contributed by atoms with van der Waals surface area (Å²) in [7, 11) is 3.38. The van der Waals surface area contributed by atoms with Crippen LogP contribution in [0.5, 0.6) is 0 Å². The van der Waals surface area contributed by atoms with Crippen LogP contribution in [0, 0.1) is 35.5 Å². The molecular weight excluding hydrogens is 118 g/mol. The second kappa shape index (κ2) is 5.94. The topological polar surface area (TPSA) is 0 Å². The number of hydrogen-bond donors (Lipinski definition) is 0. The lowest BCUT2D eigenvalue weighted by Crippen LogP contribution is -1.82. The fraction of sp³-hybridized carbons (Fsp3) is 0.250. The summed E-state index contributed by atoms with van der Waals surface area (Å²) in [6, 6.07) is 0. The third-order valence-electron chi connectivity index (χ3n) is 0.588. The highest BCUT2D eigenvalue weighted by atomic mass is 13.6. The molecule has 0 atom stereocenters. The third kappa shape index (κ3) is 6.81. The minimum absolute atomic E-state index is 0.0616. The minimum atomic E-state index is -0.752. The first kappa shape index (κ1) is 5.58. The maximum Gasteiger partial charge on any atom is 0.110 e. The summed E-state index contributed by atoms with van der Waals surface area (Å²) in [6.45, 7) is 0.0616. The summed E-state index contributed by atoms with van der Waals surface area (Å²) in [5.74, 6) is 15.0. The van der Waals surface area contributed by atoms with Gasteiger partial charge in [0, 0.05) is 2.74 Å². The highest BCUT2D eigenvalue weighted by molar-refractivity contribution is 6.37. The molecule has 0 aliphatic carbocycles. The molecule has 0 nitrogen and oxygen atoms in total. The average molecular weight is 130 g/mol. The molecule has 10 heavy (non-hydrogen) atoms. The summed E-state index contributed by atoms with van der Waals surface area (Å²) < 4.78 is 14.0. The first-order valence-electron chi connectivity index (χ1n) is 4.06. The molecular formula is C8H8B2. The average Bonchev–Trinajstić information content (AvgIpc) is 1.94. The molecule has 0 spiro atoms. The van der Waals surface area contributed by atoms with E-state index in [1.54, 1.807) is 15.7 Å². The lowest BCUT2D eigenvalue weighted by Gasteiger charge is -1.80. The summed E-state index contributed by atoms with van der Waals surface area (Å²) in [6.07, 6.45) is 0. The highest BCUT2D eigenvalue weighted by Crippen LogP contribution is 1.80. The monoisotopic (exact) mass is 130 g/mol. The molecule has 0 unspecified atom stereocenters. The SMILES string of the molecule is [3H]CC#CC#CC#CC([3H])(B)B. The van der Waals surface area contributed by atoms with Gasteiger partial charge in [-0.1, -0.05) is 5.92 Å². The van der Waals surface area contributed by atoms with Crippen molar-refractivity contribution in [3.8, 4) is 35.5 Å². The Bertz CT molecular complexity index is 309. The Kier molecular flexibility index (Phi) is 3.32. The molecule has 0 amide bonds. The van der Waals surface area contributed by atoms with Gasteiger partial charge in [0.25, 0.3) is 0 Å². The van der Waals surface area contributed by atoms with Crippen molar-refractivity contribution in [2.45, 2.75) is 12.6 Å². The van der Waals surface area contributed by atoms with Gasteiger partial charge < -0.3 is 0 Å². The van der Waals surface area contributed by atoms with Crippen molar-refractivity contribution in [2.75, 3.05) is 0 Å². The van der Waals surface area contributed by atoms with Gasteiger partial charge in [0.1, 0.15) is 15.7 Å². The summed E-state index contributed by atoms with van der Waals surface area (Å²) in [5.41, 5.74) is -0.752. The van der Waals surface area contributed by atoms with Crippen LogP contribution >= 0.6 is 0 Å². The fourth-order valence-electron chi connectivity index (χ4n) is 0.263. The number of rotatable bonds is 0. The van der Waals surface area contributed by atoms with Gasteiger partial charge in [-0.15, -0.1) is 5.92 Å². The molecule has 0 aromatic rings. The van der Waals surface area contributed by atoms with Gasteiger partial charge in [-0.25, -0.2) is 0 Å². The van der Waals surface area contributed by atoms with Crippen LogP contribution in [0.1, 0.15) is 9.64 Å². The molecule has 46 valence electrons. The second-order valence-corrected chi connectivity index (χ2v) is 1.80. The van der Waals surface area contributed by atoms with Crippen molar-refractivity contribution < 1.29 is 2.74 Å². The fourth-order valence-corrected chi connectivity index (χ4v) is 0.263. The van der Waals surface area contributed by atoms with E-state index in [2.05, 4.69) is 35.5 Å². The standard InChI is InChI=1S/C8H8B2/c1-2-3-4-5-6-7-8(9)10/h8H,9-10H2,1H3/i1T,8T. The van der Waals surface area contributed by atoms with Gasteiger partial charge in [-0.05, 0) is 36.3 Å². The quantitative estimate of drug-likeness (QED) is 0.292. The van der Waals surface area contributed by atoms with Crippen molar-refractivity contribution in [2.24, 2.45) is 0 Å². The zero-order valence-electron chi connectivity index (χ0n) is 8.21. The van der Waals surface area contributed by atoms with Gasteiger partial charge in [0.2, 0.25) is 0 Å². The Labute approximate surface area is 67.4 Å². The summed E-state index contributed by atoms with van der Waals surface area (Å²) in [4.78, 5) is 0. The van der Waals surface area contributed by atoms with E-state index in [4.69, 9.17) is 2.74 Å². The normalized spacial score (nSPS) is 9.60. The van der Waals surface area contributed by atoms with Crippen molar-refractivity contribution >= 4 is 15.7 Å². The molecule has 0 rings (SSSR count). The first-order valence-corrected chi connectivity index (χ1v) is 2.85. The van der Waals surface area contributed by atoms with Gasteiger partial charge in [0.05, 0.1) is 0 Å². The molecule has 0 N–H and O–H groups in total. The maximum absolute atomic E-state index is 7.34. The Morgan fingerprint density at radius 3 is 2.60 bits per heavy atom. The number of hydrogen-bond acceptors (Lipinski definition) is 0. The van der Waals surface area contributed by atoms with Crippen molar-refractivity contribution in [1.29, 1.82) is 0 Å². The Morgan fingerprint density at radius 1 is 1.30 bits per heavy atom. The summed E-state index contributed by atoms with van der Waals surface area (Å²) in [5, 5.41) is 0. The minimum Gasteiger partial charge on any atom is -0.103 e. The molecule has 0 bridgehead atoms. The van der Waals surface area contributed by atoms with E-state index in [0.29, 0.717) is 0 Å². The Morgan fingerprint density at radius 2 is 2.00 bits per heavy atom. The van der Waals surface area contributed by atoms with Crippen LogP contribution in [0.15, 0.2) is 0 Å². The van der Waals surface area contributed by atoms with E-state index in [1.807, 2.05) is 0 Å². The lowest BCUT2D eigenvalue weighted by atomic mass is 9.72. The molecule has 0 radical (unpaired) electrons. The van der Waals surface area contributed by atoms with Crippen molar-refractivity contribution in [3.63, 3.8) is 0 Å². The largest absolute Gasteiger partial charge is 0.110 e. The first-order chi connectivity index (χ1) is 5.56. The highest BCUT2D eigenvalue weighted by Gasteiger charge is 1.79. The van der Waals surface area contributed by atoms with Gasteiger partial charge in [-0.3, -0.25) is 0 Å². The van der Waals surface area contributed by atoms with Crippen molar-refractivity contribution in [1.82, 2.24) is 0 Å².